The highest BCUT2D eigenvalue weighted by Crippen LogP contribution is 2.27. The van der Waals surface area contributed by atoms with Gasteiger partial charge in [0, 0.05) is 36.8 Å². The first kappa shape index (κ1) is 20.9. The summed E-state index contributed by atoms with van der Waals surface area (Å²) in [5, 5.41) is 3.67. The van der Waals surface area contributed by atoms with Gasteiger partial charge in [-0.15, -0.1) is 0 Å². The molecule has 1 aliphatic rings. The second kappa shape index (κ2) is 9.67. The Morgan fingerprint density at radius 3 is 2.16 bits per heavy atom. The van der Waals surface area contributed by atoms with Gasteiger partial charge in [0.25, 0.3) is 5.91 Å². The highest BCUT2D eigenvalue weighted by molar-refractivity contribution is 6.30. The van der Waals surface area contributed by atoms with E-state index in [0.29, 0.717) is 43.2 Å². The van der Waals surface area contributed by atoms with Crippen molar-refractivity contribution >= 4 is 34.8 Å². The van der Waals surface area contributed by atoms with Crippen LogP contribution in [0.1, 0.15) is 15.9 Å². The van der Waals surface area contributed by atoms with E-state index in [1.807, 2.05) is 59.5 Å². The molecule has 1 saturated heterocycles. The zero-order valence-corrected chi connectivity index (χ0v) is 17.9. The zero-order chi connectivity index (χ0) is 21.6. The fraction of sp³-hybridized carbons (Fsp3) is 0.200. The predicted octanol–water partition coefficient (Wildman–Crippen LogP) is 4.48. The molecule has 4 rings (SSSR count). The summed E-state index contributed by atoms with van der Waals surface area (Å²) in [5.41, 5.74) is 3.39. The molecule has 2 amide bonds. The van der Waals surface area contributed by atoms with Gasteiger partial charge in [-0.05, 0) is 42.0 Å². The van der Waals surface area contributed by atoms with Gasteiger partial charge in [-0.2, -0.15) is 0 Å². The molecule has 6 heteroatoms. The summed E-state index contributed by atoms with van der Waals surface area (Å²) in [6, 6.07) is 24.5. The van der Waals surface area contributed by atoms with Gasteiger partial charge >= 0.3 is 0 Å². The number of hydrogen-bond donors (Lipinski definition) is 1. The summed E-state index contributed by atoms with van der Waals surface area (Å²) in [6.45, 7) is 2.64. The lowest BCUT2D eigenvalue weighted by Crippen LogP contribution is -2.49. The first-order valence-corrected chi connectivity index (χ1v) is 10.7. The molecular formula is C25H24ClN3O2. The van der Waals surface area contributed by atoms with Crippen LogP contribution < -0.4 is 10.2 Å². The molecule has 0 radical (unpaired) electrons. The molecular weight excluding hydrogens is 410 g/mol. The van der Waals surface area contributed by atoms with Crippen LogP contribution in [-0.4, -0.2) is 42.9 Å². The second-order valence-corrected chi connectivity index (χ2v) is 7.95. The van der Waals surface area contributed by atoms with Gasteiger partial charge in [0.15, 0.2) is 0 Å². The molecule has 1 N–H and O–H groups in total. The van der Waals surface area contributed by atoms with Gasteiger partial charge < -0.3 is 15.1 Å². The van der Waals surface area contributed by atoms with E-state index in [0.717, 1.165) is 16.9 Å². The van der Waals surface area contributed by atoms with E-state index in [2.05, 4.69) is 10.2 Å². The van der Waals surface area contributed by atoms with Crippen LogP contribution in [0.4, 0.5) is 11.4 Å². The summed E-state index contributed by atoms with van der Waals surface area (Å²) < 4.78 is 0. The molecule has 3 aromatic carbocycles. The van der Waals surface area contributed by atoms with Crippen LogP contribution >= 0.6 is 11.6 Å². The van der Waals surface area contributed by atoms with E-state index in [4.69, 9.17) is 11.6 Å². The summed E-state index contributed by atoms with van der Waals surface area (Å²) in [5.74, 6) is -0.0315. The highest BCUT2D eigenvalue weighted by atomic mass is 35.5. The van der Waals surface area contributed by atoms with E-state index >= 15 is 0 Å². The summed E-state index contributed by atoms with van der Waals surface area (Å²) in [6.07, 6.45) is 0.332. The topological polar surface area (TPSA) is 52.7 Å². The second-order valence-electron chi connectivity index (χ2n) is 7.51. The smallest absolute Gasteiger partial charge is 0.253 e. The molecule has 5 nitrogen and oxygen atoms in total. The number of para-hydroxylation sites is 2. The Bertz CT molecular complexity index is 1050. The van der Waals surface area contributed by atoms with E-state index in [1.54, 1.807) is 24.3 Å². The molecule has 0 aliphatic carbocycles. The maximum Gasteiger partial charge on any atom is 0.253 e. The van der Waals surface area contributed by atoms with Crippen molar-refractivity contribution in [1.29, 1.82) is 0 Å². The molecule has 1 aliphatic heterocycles. The van der Waals surface area contributed by atoms with Gasteiger partial charge in [-0.1, -0.05) is 54.1 Å². The first-order chi connectivity index (χ1) is 15.1. The number of halogens is 1. The number of amides is 2. The van der Waals surface area contributed by atoms with Crippen molar-refractivity contribution in [2.24, 2.45) is 0 Å². The fourth-order valence-electron chi connectivity index (χ4n) is 3.76. The van der Waals surface area contributed by atoms with E-state index in [1.165, 1.54) is 0 Å². The average Bonchev–Trinajstić information content (AvgIpc) is 2.80. The molecule has 158 valence electrons. The Kier molecular flexibility index (Phi) is 6.53. The molecule has 31 heavy (non-hydrogen) atoms. The number of hydrogen-bond acceptors (Lipinski definition) is 3. The van der Waals surface area contributed by atoms with Crippen molar-refractivity contribution in [3.63, 3.8) is 0 Å². The van der Waals surface area contributed by atoms with Crippen molar-refractivity contribution in [3.05, 3.63) is 95.0 Å². The lowest BCUT2D eigenvalue weighted by atomic mass is 10.1. The van der Waals surface area contributed by atoms with Crippen molar-refractivity contribution in [3.8, 4) is 0 Å². The van der Waals surface area contributed by atoms with Crippen molar-refractivity contribution in [2.75, 3.05) is 36.4 Å². The molecule has 0 saturated carbocycles. The van der Waals surface area contributed by atoms with Crippen LogP contribution in [0.15, 0.2) is 78.9 Å². The molecule has 1 heterocycles. The Morgan fingerprint density at radius 2 is 1.45 bits per heavy atom. The summed E-state index contributed by atoms with van der Waals surface area (Å²) in [7, 11) is 0. The van der Waals surface area contributed by atoms with Crippen LogP contribution in [0.5, 0.6) is 0 Å². The van der Waals surface area contributed by atoms with Gasteiger partial charge in [-0.25, -0.2) is 0 Å². The van der Waals surface area contributed by atoms with Gasteiger partial charge in [-0.3, -0.25) is 9.59 Å². The van der Waals surface area contributed by atoms with Crippen molar-refractivity contribution in [1.82, 2.24) is 4.90 Å². The SMILES string of the molecule is O=C(Cc1ccccc1)Nc1ccccc1N1CCN(C(=O)c2ccc(Cl)cc2)CC1. The monoisotopic (exact) mass is 433 g/mol. The molecule has 0 aromatic heterocycles. The summed E-state index contributed by atoms with van der Waals surface area (Å²) >= 11 is 5.92. The van der Waals surface area contributed by atoms with Crippen LogP contribution in [0, 0.1) is 0 Å². The minimum absolute atomic E-state index is 0.0146. The number of carbonyl (C=O) groups excluding carboxylic acids is 2. The normalized spacial score (nSPS) is 13.7. The predicted molar refractivity (Wildman–Crippen MR) is 125 cm³/mol. The molecule has 1 fully saturated rings. The number of anilines is 2. The fourth-order valence-corrected chi connectivity index (χ4v) is 3.88. The number of piperazine rings is 1. The molecule has 3 aromatic rings. The standard InChI is InChI=1S/C25H24ClN3O2/c26-21-12-10-20(11-13-21)25(31)29-16-14-28(15-17-29)23-9-5-4-8-22(23)27-24(30)18-19-6-2-1-3-7-19/h1-13H,14-18H2,(H,27,30). The maximum atomic E-state index is 12.7. The van der Waals surface area contributed by atoms with E-state index in [9.17, 15) is 9.59 Å². The Labute approximate surface area is 187 Å². The molecule has 0 atom stereocenters. The Morgan fingerprint density at radius 1 is 0.806 bits per heavy atom. The Hall–Kier alpha value is -3.31. The highest BCUT2D eigenvalue weighted by Gasteiger charge is 2.23. The number of nitrogens with one attached hydrogen (secondary N) is 1. The maximum absolute atomic E-state index is 12.7. The number of carbonyl (C=O) groups is 2. The largest absolute Gasteiger partial charge is 0.366 e. The third-order valence-corrected chi connectivity index (χ3v) is 5.64. The van der Waals surface area contributed by atoms with Crippen LogP contribution in [0.25, 0.3) is 0 Å². The molecule has 0 spiro atoms. The minimum Gasteiger partial charge on any atom is -0.366 e. The van der Waals surface area contributed by atoms with Crippen molar-refractivity contribution in [2.45, 2.75) is 6.42 Å². The summed E-state index contributed by atoms with van der Waals surface area (Å²) in [4.78, 5) is 29.4. The lowest BCUT2D eigenvalue weighted by Gasteiger charge is -2.37. The first-order valence-electron chi connectivity index (χ1n) is 10.3. The number of nitrogens with zero attached hydrogens (tertiary/aromatic N) is 2. The van der Waals surface area contributed by atoms with Gasteiger partial charge in [0.05, 0.1) is 17.8 Å². The quantitative estimate of drug-likeness (QED) is 0.645. The molecule has 0 unspecified atom stereocenters. The number of rotatable bonds is 5. The third kappa shape index (κ3) is 5.25. The van der Waals surface area contributed by atoms with Crippen molar-refractivity contribution < 1.29 is 9.59 Å². The van der Waals surface area contributed by atoms with E-state index in [-0.39, 0.29) is 11.8 Å². The van der Waals surface area contributed by atoms with Crippen LogP contribution in [-0.2, 0) is 11.2 Å². The van der Waals surface area contributed by atoms with Gasteiger partial charge in [0.1, 0.15) is 0 Å². The lowest BCUT2D eigenvalue weighted by molar-refractivity contribution is -0.115. The van der Waals surface area contributed by atoms with E-state index < -0.39 is 0 Å². The molecule has 0 bridgehead atoms. The van der Waals surface area contributed by atoms with Crippen LogP contribution in [0.3, 0.4) is 0 Å². The van der Waals surface area contributed by atoms with Gasteiger partial charge in [0.2, 0.25) is 5.91 Å². The number of benzene rings is 3. The third-order valence-electron chi connectivity index (χ3n) is 5.38. The minimum atomic E-state index is -0.0461. The average molecular weight is 434 g/mol. The Balaban J connectivity index is 1.39. The zero-order valence-electron chi connectivity index (χ0n) is 17.1. The van der Waals surface area contributed by atoms with Crippen LogP contribution in [0.2, 0.25) is 5.02 Å².